The van der Waals surface area contributed by atoms with Crippen LogP contribution in [0, 0.1) is 19.3 Å². The van der Waals surface area contributed by atoms with Crippen LogP contribution in [0.3, 0.4) is 0 Å². The maximum atomic E-state index is 7.71. The van der Waals surface area contributed by atoms with Gasteiger partial charge in [0.25, 0.3) is 0 Å². The molecule has 0 unspecified atom stereocenters. The van der Waals surface area contributed by atoms with Crippen molar-refractivity contribution in [2.24, 2.45) is 5.73 Å². The highest BCUT2D eigenvalue weighted by Gasteiger charge is 2.13. The lowest BCUT2D eigenvalue weighted by Gasteiger charge is -2.07. The lowest BCUT2D eigenvalue weighted by Crippen LogP contribution is -2.14. The third-order valence-corrected chi connectivity index (χ3v) is 4.09. The Bertz CT molecular complexity index is 837. The first-order valence-corrected chi connectivity index (χ1v) is 7.30. The van der Waals surface area contributed by atoms with Crippen molar-refractivity contribution in [3.05, 3.63) is 47.2 Å². The topological polar surface area (TPSA) is 91.4 Å². The molecule has 1 aromatic carbocycles. The summed E-state index contributed by atoms with van der Waals surface area (Å²) in [4.78, 5) is 12.1. The van der Waals surface area contributed by atoms with Crippen LogP contribution >= 0.6 is 11.8 Å². The molecule has 3 aromatic rings. The Morgan fingerprint density at radius 1 is 1.29 bits per heavy atom. The van der Waals surface area contributed by atoms with E-state index in [0.29, 0.717) is 10.6 Å². The molecule has 5 nitrogen and oxygen atoms in total. The quantitative estimate of drug-likeness (QED) is 0.512. The fraction of sp³-hybridized carbons (Fsp3) is 0.133. The van der Waals surface area contributed by atoms with Gasteiger partial charge in [-0.1, -0.05) is 6.07 Å². The largest absolute Gasteiger partial charge is 0.384 e. The molecule has 21 heavy (non-hydrogen) atoms. The average molecular weight is 297 g/mol. The van der Waals surface area contributed by atoms with Gasteiger partial charge < -0.3 is 10.7 Å². The number of nitrogen functional groups attached to an aromatic ring is 1. The third-order valence-electron chi connectivity index (χ3n) is 3.20. The SMILES string of the molecule is Cc1ccc2nc(Sc3nccc(C)c3C(=N)N)[nH]c2c1. The van der Waals surface area contributed by atoms with Crippen molar-refractivity contribution >= 4 is 28.6 Å². The first-order chi connectivity index (χ1) is 10.0. The summed E-state index contributed by atoms with van der Waals surface area (Å²) in [6.07, 6.45) is 1.72. The van der Waals surface area contributed by atoms with Gasteiger partial charge in [-0.05, 0) is 54.9 Å². The van der Waals surface area contributed by atoms with E-state index in [2.05, 4.69) is 21.0 Å². The highest BCUT2D eigenvalue weighted by Crippen LogP contribution is 2.29. The van der Waals surface area contributed by atoms with E-state index in [1.54, 1.807) is 6.20 Å². The van der Waals surface area contributed by atoms with E-state index in [1.165, 1.54) is 17.3 Å². The first-order valence-electron chi connectivity index (χ1n) is 6.49. The molecule has 0 spiro atoms. The van der Waals surface area contributed by atoms with E-state index in [-0.39, 0.29) is 5.84 Å². The molecule has 0 saturated heterocycles. The predicted octanol–water partition coefficient (Wildman–Crippen LogP) is 3.01. The average Bonchev–Trinajstić information content (AvgIpc) is 2.79. The number of benzene rings is 1. The minimum absolute atomic E-state index is 0.0232. The molecular formula is C15H15N5S. The molecule has 2 aromatic heterocycles. The Hall–Kier alpha value is -2.34. The maximum Gasteiger partial charge on any atom is 0.172 e. The van der Waals surface area contributed by atoms with E-state index < -0.39 is 0 Å². The molecule has 0 radical (unpaired) electrons. The Morgan fingerprint density at radius 2 is 2.10 bits per heavy atom. The summed E-state index contributed by atoms with van der Waals surface area (Å²) in [5.41, 5.74) is 10.4. The number of aromatic nitrogens is 3. The number of nitrogens with one attached hydrogen (secondary N) is 2. The summed E-state index contributed by atoms with van der Waals surface area (Å²) in [7, 11) is 0. The number of aromatic amines is 1. The lowest BCUT2D eigenvalue weighted by molar-refractivity contribution is 1.04. The Kier molecular flexibility index (Phi) is 3.39. The van der Waals surface area contributed by atoms with Crippen molar-refractivity contribution in [3.63, 3.8) is 0 Å². The smallest absolute Gasteiger partial charge is 0.172 e. The van der Waals surface area contributed by atoms with Crippen LogP contribution in [0.25, 0.3) is 11.0 Å². The van der Waals surface area contributed by atoms with Gasteiger partial charge in [0.1, 0.15) is 10.9 Å². The molecule has 0 saturated carbocycles. The summed E-state index contributed by atoms with van der Waals surface area (Å²) in [6.45, 7) is 3.97. The van der Waals surface area contributed by atoms with Crippen LogP contribution in [0.2, 0.25) is 0 Å². The van der Waals surface area contributed by atoms with Gasteiger partial charge in [-0.25, -0.2) is 9.97 Å². The Balaban J connectivity index is 2.02. The molecule has 6 heteroatoms. The molecule has 0 atom stereocenters. The summed E-state index contributed by atoms with van der Waals surface area (Å²) in [6, 6.07) is 7.93. The molecule has 0 bridgehead atoms. The number of amidine groups is 1. The van der Waals surface area contributed by atoms with Crippen LogP contribution in [0.5, 0.6) is 0 Å². The van der Waals surface area contributed by atoms with Crippen LogP contribution in [0.4, 0.5) is 0 Å². The Labute approximate surface area is 126 Å². The monoisotopic (exact) mass is 297 g/mol. The van der Waals surface area contributed by atoms with Crippen LogP contribution in [-0.4, -0.2) is 20.8 Å². The zero-order valence-electron chi connectivity index (χ0n) is 11.8. The Morgan fingerprint density at radius 3 is 2.86 bits per heavy atom. The third kappa shape index (κ3) is 2.62. The molecule has 4 N–H and O–H groups in total. The fourth-order valence-electron chi connectivity index (χ4n) is 2.18. The van der Waals surface area contributed by atoms with Crippen molar-refractivity contribution in [1.29, 1.82) is 5.41 Å². The zero-order chi connectivity index (χ0) is 15.0. The number of rotatable bonds is 3. The number of hydrogen-bond donors (Lipinski definition) is 3. The molecule has 2 heterocycles. The molecule has 0 aliphatic heterocycles. The van der Waals surface area contributed by atoms with Gasteiger partial charge in [-0.3, -0.25) is 5.41 Å². The number of nitrogens with two attached hydrogens (primary N) is 1. The molecule has 0 fully saturated rings. The number of H-pyrrole nitrogens is 1. The maximum absolute atomic E-state index is 7.71. The van der Waals surface area contributed by atoms with Crippen LogP contribution < -0.4 is 5.73 Å². The normalized spacial score (nSPS) is 11.0. The van der Waals surface area contributed by atoms with Crippen LogP contribution in [-0.2, 0) is 0 Å². The second kappa shape index (κ2) is 5.21. The number of aryl methyl sites for hydroxylation is 2. The molecule has 0 aliphatic rings. The van der Waals surface area contributed by atoms with E-state index in [0.717, 1.165) is 21.8 Å². The van der Waals surface area contributed by atoms with Gasteiger partial charge in [0.05, 0.1) is 16.6 Å². The first kappa shape index (κ1) is 13.6. The van der Waals surface area contributed by atoms with E-state index in [4.69, 9.17) is 11.1 Å². The summed E-state index contributed by atoms with van der Waals surface area (Å²) < 4.78 is 0. The van der Waals surface area contributed by atoms with Gasteiger partial charge in [0, 0.05) is 6.20 Å². The van der Waals surface area contributed by atoms with Gasteiger partial charge in [0.2, 0.25) is 0 Å². The minimum atomic E-state index is 0.0232. The number of fused-ring (bicyclic) bond motifs is 1. The summed E-state index contributed by atoms with van der Waals surface area (Å²) >= 11 is 1.39. The summed E-state index contributed by atoms with van der Waals surface area (Å²) in [5.74, 6) is 0.0232. The second-order valence-corrected chi connectivity index (χ2v) is 5.86. The number of pyridine rings is 1. The fourth-order valence-corrected chi connectivity index (χ4v) is 3.15. The van der Waals surface area contributed by atoms with Crippen molar-refractivity contribution in [2.45, 2.75) is 24.0 Å². The molecule has 0 aliphatic carbocycles. The number of imidazole rings is 1. The van der Waals surface area contributed by atoms with E-state index in [9.17, 15) is 0 Å². The second-order valence-electron chi connectivity index (χ2n) is 4.89. The van der Waals surface area contributed by atoms with Crippen molar-refractivity contribution < 1.29 is 0 Å². The van der Waals surface area contributed by atoms with Gasteiger partial charge in [-0.15, -0.1) is 0 Å². The van der Waals surface area contributed by atoms with E-state index >= 15 is 0 Å². The highest BCUT2D eigenvalue weighted by atomic mass is 32.2. The van der Waals surface area contributed by atoms with Gasteiger partial charge in [-0.2, -0.15) is 0 Å². The van der Waals surface area contributed by atoms with Crippen molar-refractivity contribution in [2.75, 3.05) is 0 Å². The van der Waals surface area contributed by atoms with Crippen LogP contribution in [0.1, 0.15) is 16.7 Å². The molecule has 0 amide bonds. The molecule has 106 valence electrons. The highest BCUT2D eigenvalue weighted by molar-refractivity contribution is 7.99. The number of hydrogen-bond acceptors (Lipinski definition) is 4. The zero-order valence-corrected chi connectivity index (χ0v) is 12.6. The van der Waals surface area contributed by atoms with Gasteiger partial charge >= 0.3 is 0 Å². The minimum Gasteiger partial charge on any atom is -0.384 e. The molecule has 3 rings (SSSR count). The predicted molar refractivity (Wildman–Crippen MR) is 84.9 cm³/mol. The van der Waals surface area contributed by atoms with Crippen molar-refractivity contribution in [3.8, 4) is 0 Å². The summed E-state index contributed by atoms with van der Waals surface area (Å²) in [5, 5.41) is 9.15. The number of nitrogens with zero attached hydrogens (tertiary/aromatic N) is 2. The van der Waals surface area contributed by atoms with E-state index in [1.807, 2.05) is 32.0 Å². The lowest BCUT2D eigenvalue weighted by atomic mass is 10.1. The molecular weight excluding hydrogens is 282 g/mol. The standard InChI is InChI=1S/C15H15N5S/c1-8-3-4-10-11(7-8)20-15(19-10)21-14-12(13(16)17)9(2)5-6-18-14/h3-7H,1-2H3,(H3,16,17)(H,19,20). The van der Waals surface area contributed by atoms with Gasteiger partial charge in [0.15, 0.2) is 5.16 Å². The van der Waals surface area contributed by atoms with Crippen molar-refractivity contribution in [1.82, 2.24) is 15.0 Å². The van der Waals surface area contributed by atoms with Crippen LogP contribution in [0.15, 0.2) is 40.6 Å².